The third-order valence-corrected chi connectivity index (χ3v) is 7.46. The third-order valence-electron chi connectivity index (χ3n) is 6.64. The molecule has 4 aromatic rings. The van der Waals surface area contributed by atoms with Crippen LogP contribution >= 0.6 is 11.3 Å². The first-order chi connectivity index (χ1) is 16.6. The highest BCUT2D eigenvalue weighted by Crippen LogP contribution is 2.41. The lowest BCUT2D eigenvalue weighted by atomic mass is 10.1. The molecular weight excluding hydrogens is 446 g/mol. The van der Waals surface area contributed by atoms with Crippen molar-refractivity contribution in [1.82, 2.24) is 34.5 Å². The molecule has 4 aromatic heterocycles. The largest absolute Gasteiger partial charge is 0.336 e. The molecule has 0 bridgehead atoms. The number of amides is 1. The van der Waals surface area contributed by atoms with Gasteiger partial charge in [-0.3, -0.25) is 9.69 Å². The molecule has 2 fully saturated rings. The fraction of sp³-hybridized carbons (Fsp3) is 0.400. The number of nitrogens with zero attached hydrogens (tertiary/aromatic N) is 7. The number of hydrogen-bond donors (Lipinski definition) is 0. The zero-order chi connectivity index (χ0) is 23.2. The summed E-state index contributed by atoms with van der Waals surface area (Å²) in [4.78, 5) is 32.2. The molecule has 0 unspecified atom stereocenters. The van der Waals surface area contributed by atoms with Crippen molar-refractivity contribution in [1.29, 1.82) is 0 Å². The van der Waals surface area contributed by atoms with Gasteiger partial charge in [-0.15, -0.1) is 11.3 Å². The lowest BCUT2D eigenvalue weighted by Crippen LogP contribution is -2.48. The molecule has 0 aromatic carbocycles. The Balaban J connectivity index is 1.30. The summed E-state index contributed by atoms with van der Waals surface area (Å²) >= 11 is 1.69. The molecule has 0 N–H and O–H groups in total. The summed E-state index contributed by atoms with van der Waals surface area (Å²) in [6.07, 6.45) is 4.00. The maximum Gasteiger partial charge on any atom is 0.254 e. The van der Waals surface area contributed by atoms with Crippen molar-refractivity contribution in [2.75, 3.05) is 26.2 Å². The Morgan fingerprint density at radius 3 is 2.62 bits per heavy atom. The fourth-order valence-corrected chi connectivity index (χ4v) is 5.30. The quantitative estimate of drug-likeness (QED) is 0.440. The van der Waals surface area contributed by atoms with Gasteiger partial charge in [0.1, 0.15) is 0 Å². The van der Waals surface area contributed by atoms with Gasteiger partial charge in [0.05, 0.1) is 27.3 Å². The Morgan fingerprint density at radius 1 is 1.12 bits per heavy atom. The van der Waals surface area contributed by atoms with Crippen LogP contribution in [0.15, 0.2) is 35.8 Å². The fourth-order valence-electron chi connectivity index (χ4n) is 4.69. The minimum Gasteiger partial charge on any atom is -0.336 e. The van der Waals surface area contributed by atoms with Crippen molar-refractivity contribution in [3.05, 3.63) is 63.5 Å². The van der Waals surface area contributed by atoms with Gasteiger partial charge in [-0.25, -0.2) is 15.0 Å². The Kier molecular flexibility index (Phi) is 5.38. The van der Waals surface area contributed by atoms with E-state index in [1.165, 1.54) is 0 Å². The van der Waals surface area contributed by atoms with Gasteiger partial charge in [-0.05, 0) is 44.9 Å². The summed E-state index contributed by atoms with van der Waals surface area (Å²) in [5.41, 5.74) is 4.35. The number of fused-ring (bicyclic) bond motifs is 1. The van der Waals surface area contributed by atoms with Crippen LogP contribution < -0.4 is 0 Å². The number of piperazine rings is 1. The van der Waals surface area contributed by atoms with E-state index in [2.05, 4.69) is 20.2 Å². The van der Waals surface area contributed by atoms with Crippen molar-refractivity contribution in [2.45, 2.75) is 39.2 Å². The average Bonchev–Trinajstić information content (AvgIpc) is 3.56. The van der Waals surface area contributed by atoms with Crippen molar-refractivity contribution >= 4 is 28.3 Å². The number of carbonyl (C=O) groups is 1. The monoisotopic (exact) mass is 473 g/mol. The molecular formula is C25H27N7OS. The highest BCUT2D eigenvalue weighted by molar-refractivity contribution is 7.09. The Hall–Kier alpha value is -3.17. The molecule has 2 aliphatic rings. The van der Waals surface area contributed by atoms with E-state index >= 15 is 0 Å². The van der Waals surface area contributed by atoms with Crippen molar-refractivity contribution in [2.24, 2.45) is 0 Å². The Bertz CT molecular complexity index is 1350. The normalized spacial score (nSPS) is 16.9. The van der Waals surface area contributed by atoms with Crippen LogP contribution in [-0.2, 0) is 6.54 Å². The predicted octanol–water partition coefficient (Wildman–Crippen LogP) is 3.72. The minimum atomic E-state index is 0.0714. The van der Waals surface area contributed by atoms with E-state index in [1.807, 2.05) is 43.0 Å². The molecule has 0 atom stereocenters. The maximum absolute atomic E-state index is 13.8. The number of hydrogen-bond acceptors (Lipinski definition) is 7. The second kappa shape index (κ2) is 8.56. The lowest BCUT2D eigenvalue weighted by molar-refractivity contribution is 0.0629. The third kappa shape index (κ3) is 3.99. The smallest absolute Gasteiger partial charge is 0.254 e. The van der Waals surface area contributed by atoms with Crippen LogP contribution in [0, 0.1) is 13.8 Å². The molecule has 1 amide bonds. The van der Waals surface area contributed by atoms with Gasteiger partial charge in [0, 0.05) is 55.9 Å². The molecule has 1 saturated carbocycles. The maximum atomic E-state index is 13.8. The second-order valence-electron chi connectivity index (χ2n) is 9.18. The summed E-state index contributed by atoms with van der Waals surface area (Å²) in [6.45, 7) is 7.93. The van der Waals surface area contributed by atoms with Gasteiger partial charge in [0.25, 0.3) is 5.91 Å². The van der Waals surface area contributed by atoms with E-state index < -0.39 is 0 Å². The average molecular weight is 474 g/mol. The van der Waals surface area contributed by atoms with Crippen LogP contribution in [0.1, 0.15) is 51.2 Å². The number of pyridine rings is 2. The first-order valence-corrected chi connectivity index (χ1v) is 12.7. The SMILES string of the molecule is Cc1nc(CN2CCN(C(=O)c3cc(C4CC4)nc4c3c(C)nn4-c3ccccn3)CC2)cs1. The highest BCUT2D eigenvalue weighted by atomic mass is 32.1. The molecule has 1 saturated heterocycles. The van der Waals surface area contributed by atoms with Gasteiger partial charge >= 0.3 is 0 Å². The summed E-state index contributed by atoms with van der Waals surface area (Å²) in [7, 11) is 0. The van der Waals surface area contributed by atoms with Crippen molar-refractivity contribution < 1.29 is 4.79 Å². The molecule has 6 rings (SSSR count). The van der Waals surface area contributed by atoms with E-state index in [0.717, 1.165) is 71.2 Å². The molecule has 0 spiro atoms. The van der Waals surface area contributed by atoms with E-state index in [9.17, 15) is 4.79 Å². The minimum absolute atomic E-state index is 0.0714. The molecule has 0 radical (unpaired) electrons. The summed E-state index contributed by atoms with van der Waals surface area (Å²) in [5.74, 6) is 1.22. The molecule has 1 aliphatic carbocycles. The van der Waals surface area contributed by atoms with Crippen molar-refractivity contribution in [3.8, 4) is 5.82 Å². The second-order valence-corrected chi connectivity index (χ2v) is 10.2. The molecule has 174 valence electrons. The number of aryl methyl sites for hydroxylation is 2. The number of aromatic nitrogens is 5. The zero-order valence-corrected chi connectivity index (χ0v) is 20.3. The van der Waals surface area contributed by atoms with Crippen LogP contribution in [0.5, 0.6) is 0 Å². The highest BCUT2D eigenvalue weighted by Gasteiger charge is 2.31. The van der Waals surface area contributed by atoms with Crippen LogP contribution in [0.25, 0.3) is 16.9 Å². The molecule has 1 aliphatic heterocycles. The summed E-state index contributed by atoms with van der Waals surface area (Å²) in [6, 6.07) is 7.76. The van der Waals surface area contributed by atoms with Gasteiger partial charge in [-0.1, -0.05) is 6.07 Å². The number of carbonyl (C=O) groups excluding carboxylic acids is 1. The van der Waals surface area contributed by atoms with Crippen LogP contribution in [0.3, 0.4) is 0 Å². The molecule has 5 heterocycles. The van der Waals surface area contributed by atoms with Gasteiger partial charge in [-0.2, -0.15) is 9.78 Å². The predicted molar refractivity (Wildman–Crippen MR) is 131 cm³/mol. The number of rotatable bonds is 5. The van der Waals surface area contributed by atoms with E-state index in [4.69, 9.17) is 10.1 Å². The first-order valence-electron chi connectivity index (χ1n) is 11.8. The van der Waals surface area contributed by atoms with Crippen molar-refractivity contribution in [3.63, 3.8) is 0 Å². The topological polar surface area (TPSA) is 80.0 Å². The molecule has 8 nitrogen and oxygen atoms in total. The van der Waals surface area contributed by atoms with E-state index in [0.29, 0.717) is 24.8 Å². The summed E-state index contributed by atoms with van der Waals surface area (Å²) in [5, 5.41) is 8.79. The molecule has 9 heteroatoms. The van der Waals surface area contributed by atoms with Crippen LogP contribution in [0.2, 0.25) is 0 Å². The van der Waals surface area contributed by atoms with Crippen LogP contribution in [0.4, 0.5) is 0 Å². The number of thiazole rings is 1. The Labute approximate surface area is 202 Å². The zero-order valence-electron chi connectivity index (χ0n) is 19.4. The van der Waals surface area contributed by atoms with Gasteiger partial charge < -0.3 is 4.90 Å². The van der Waals surface area contributed by atoms with E-state index in [1.54, 1.807) is 22.2 Å². The first kappa shape index (κ1) is 21.4. The lowest BCUT2D eigenvalue weighted by Gasteiger charge is -2.34. The van der Waals surface area contributed by atoms with Crippen LogP contribution in [-0.4, -0.2) is 66.6 Å². The standard InChI is InChI=1S/C25H27N7OS/c1-16-23-20(25(33)31-11-9-30(10-12-31)14-19-15-34-17(2)27-19)13-21(18-6-7-18)28-24(23)32(29-16)22-5-3-4-8-26-22/h3-5,8,13,15,18H,6-7,9-12,14H2,1-2H3. The molecule has 34 heavy (non-hydrogen) atoms. The van der Waals surface area contributed by atoms with E-state index in [-0.39, 0.29) is 5.91 Å². The van der Waals surface area contributed by atoms with Gasteiger partial charge in [0.15, 0.2) is 11.5 Å². The summed E-state index contributed by atoms with van der Waals surface area (Å²) < 4.78 is 1.78. The Morgan fingerprint density at radius 2 is 1.94 bits per heavy atom. The van der Waals surface area contributed by atoms with Gasteiger partial charge in [0.2, 0.25) is 0 Å².